The van der Waals surface area contributed by atoms with Crippen molar-refractivity contribution in [2.75, 3.05) is 33.0 Å². The molecule has 2 bridgehead atoms. The van der Waals surface area contributed by atoms with E-state index in [1.54, 1.807) is 15.8 Å². The molecule has 8 rings (SSSR count). The summed E-state index contributed by atoms with van der Waals surface area (Å²) in [6.45, 7) is 9.49. The number of hydrogen-bond donors (Lipinski definition) is 0. The number of nitrogens with zero attached hydrogens (tertiary/aromatic N) is 6. The Bertz CT molecular complexity index is 2410. The van der Waals surface area contributed by atoms with E-state index in [-0.39, 0.29) is 30.4 Å². The molecule has 0 atom stereocenters. The number of benzene rings is 2. The molecule has 0 aliphatic carbocycles. The van der Waals surface area contributed by atoms with Crippen molar-refractivity contribution in [3.63, 3.8) is 0 Å². The lowest BCUT2D eigenvalue weighted by molar-refractivity contribution is -0.133. The number of rotatable bonds is 2. The van der Waals surface area contributed by atoms with Gasteiger partial charge in [-0.3, -0.25) is 14.2 Å². The predicted molar refractivity (Wildman–Crippen MR) is 196 cm³/mol. The Kier molecular flexibility index (Phi) is 8.62. The van der Waals surface area contributed by atoms with Crippen LogP contribution in [0, 0.1) is 11.6 Å². The van der Waals surface area contributed by atoms with Crippen LogP contribution in [0.3, 0.4) is 0 Å². The highest BCUT2D eigenvalue weighted by atomic mass is 32.1. The third-order valence-electron chi connectivity index (χ3n) is 9.69. The second-order valence-corrected chi connectivity index (χ2v) is 14.1. The molecule has 2 aliphatic heterocycles. The molecule has 2 aromatic carbocycles. The molecule has 10 nitrogen and oxygen atoms in total. The Balaban J connectivity index is 1.44. The standard InChI is InChI=1S/C39H36F2N6O4S/c1-5-33(48)46-10-11-47-32(39(46,2)3)20-28(44-47)37-35-34-27(41)18-24(40)19-31(34)51-15-14-49-12-7-6-8-13-50-30-21-29-23(22-42-45(29)4)17-26(30)36(43-37)25-9-16-52-38(25)35/h5-7,9,16-22H,1,8,10-15H2,2-4H3/b7-6+. The van der Waals surface area contributed by atoms with Crippen molar-refractivity contribution in [2.45, 2.75) is 32.4 Å². The molecule has 0 unspecified atom stereocenters. The van der Waals surface area contributed by atoms with Gasteiger partial charge in [0.05, 0.1) is 60.6 Å². The van der Waals surface area contributed by atoms with Gasteiger partial charge in [0.1, 0.15) is 41.1 Å². The summed E-state index contributed by atoms with van der Waals surface area (Å²) in [6, 6.07) is 9.86. The molecule has 0 saturated carbocycles. The Morgan fingerprint density at radius 2 is 1.85 bits per heavy atom. The van der Waals surface area contributed by atoms with Gasteiger partial charge in [0.25, 0.3) is 0 Å². The van der Waals surface area contributed by atoms with Gasteiger partial charge in [-0.15, -0.1) is 11.3 Å². The number of fused-ring (bicyclic) bond motifs is 6. The number of pyridine rings is 1. The minimum atomic E-state index is -0.799. The minimum absolute atomic E-state index is 0.0242. The number of aromatic nitrogens is 5. The SMILES string of the molecule is C=CC(=O)N1CCn2nc(-c3nc4c5ccsc5c3-c3c(F)cc(F)cc3OCCOC/C=C/CCOc3cc5c(cnn5C)cc3-4)cc2C1(C)C. The van der Waals surface area contributed by atoms with Crippen LogP contribution in [-0.4, -0.2) is 68.3 Å². The summed E-state index contributed by atoms with van der Waals surface area (Å²) in [5.74, 6) is -1.12. The van der Waals surface area contributed by atoms with Gasteiger partial charge < -0.3 is 19.1 Å². The van der Waals surface area contributed by atoms with Gasteiger partial charge in [-0.1, -0.05) is 18.7 Å². The van der Waals surface area contributed by atoms with E-state index in [1.165, 1.54) is 23.5 Å². The lowest BCUT2D eigenvalue weighted by atomic mass is 9.93. The summed E-state index contributed by atoms with van der Waals surface area (Å²) >= 11 is 1.42. The molecule has 0 N–H and O–H groups in total. The van der Waals surface area contributed by atoms with E-state index >= 15 is 4.39 Å². The number of ether oxygens (including phenoxy) is 3. The van der Waals surface area contributed by atoms with Crippen LogP contribution in [0.5, 0.6) is 11.5 Å². The summed E-state index contributed by atoms with van der Waals surface area (Å²) in [5, 5.41) is 13.1. The number of thiophene rings is 1. The second-order valence-electron chi connectivity index (χ2n) is 13.2. The van der Waals surface area contributed by atoms with E-state index in [0.717, 1.165) is 33.6 Å². The van der Waals surface area contributed by atoms with Crippen LogP contribution >= 0.6 is 11.3 Å². The smallest absolute Gasteiger partial charge is 0.246 e. The zero-order valence-electron chi connectivity index (χ0n) is 29.0. The molecule has 0 fully saturated rings. The van der Waals surface area contributed by atoms with E-state index in [2.05, 4.69) is 11.7 Å². The van der Waals surface area contributed by atoms with Crippen molar-refractivity contribution in [1.29, 1.82) is 0 Å². The van der Waals surface area contributed by atoms with Gasteiger partial charge in [-0.25, -0.2) is 13.8 Å². The average molecular weight is 723 g/mol. The maximum atomic E-state index is 16.4. The van der Waals surface area contributed by atoms with Crippen molar-refractivity contribution in [3.05, 3.63) is 90.1 Å². The maximum absolute atomic E-state index is 16.4. The van der Waals surface area contributed by atoms with Crippen LogP contribution in [0.15, 0.2) is 72.8 Å². The zero-order valence-corrected chi connectivity index (χ0v) is 29.8. The fourth-order valence-corrected chi connectivity index (χ4v) is 8.08. The van der Waals surface area contributed by atoms with Crippen LogP contribution < -0.4 is 9.47 Å². The van der Waals surface area contributed by atoms with Crippen molar-refractivity contribution >= 4 is 38.2 Å². The molecule has 0 saturated heterocycles. The van der Waals surface area contributed by atoms with Crippen LogP contribution in [0.1, 0.15) is 26.0 Å². The van der Waals surface area contributed by atoms with E-state index < -0.39 is 17.2 Å². The van der Waals surface area contributed by atoms with Gasteiger partial charge >= 0.3 is 0 Å². The van der Waals surface area contributed by atoms with E-state index in [4.69, 9.17) is 24.3 Å². The highest BCUT2D eigenvalue weighted by Crippen LogP contribution is 2.49. The Morgan fingerprint density at radius 3 is 2.69 bits per heavy atom. The predicted octanol–water partition coefficient (Wildman–Crippen LogP) is 7.66. The molecule has 266 valence electrons. The first-order valence-electron chi connectivity index (χ1n) is 17.0. The first-order valence-corrected chi connectivity index (χ1v) is 17.9. The molecular formula is C39H36F2N6O4S. The molecular weight excluding hydrogens is 687 g/mol. The van der Waals surface area contributed by atoms with Gasteiger partial charge in [0.15, 0.2) is 0 Å². The lowest BCUT2D eigenvalue weighted by Gasteiger charge is -2.42. The largest absolute Gasteiger partial charge is 0.492 e. The summed E-state index contributed by atoms with van der Waals surface area (Å²) in [5.41, 5.74) is 3.59. The molecule has 2 aliphatic rings. The van der Waals surface area contributed by atoms with Gasteiger partial charge in [-0.05, 0) is 49.9 Å². The third kappa shape index (κ3) is 5.73. The van der Waals surface area contributed by atoms with Crippen molar-refractivity contribution in [3.8, 4) is 45.3 Å². The molecule has 52 heavy (non-hydrogen) atoms. The number of aryl methyl sites for hydroxylation is 1. The van der Waals surface area contributed by atoms with Gasteiger partial charge in [0.2, 0.25) is 5.91 Å². The third-order valence-corrected chi connectivity index (χ3v) is 10.6. The zero-order chi connectivity index (χ0) is 36.1. The molecule has 0 radical (unpaired) electrons. The Morgan fingerprint density at radius 1 is 1.00 bits per heavy atom. The summed E-state index contributed by atoms with van der Waals surface area (Å²) in [7, 11) is 1.88. The molecule has 4 aromatic heterocycles. The fraction of sp³-hybridized carbons (Fsp3) is 0.282. The molecule has 6 aromatic rings. The molecule has 1 amide bonds. The Labute approximate surface area is 302 Å². The quantitative estimate of drug-likeness (QED) is 0.134. The maximum Gasteiger partial charge on any atom is 0.246 e. The molecule has 0 spiro atoms. The van der Waals surface area contributed by atoms with Gasteiger partial charge in [0, 0.05) is 58.4 Å². The number of hydrogen-bond acceptors (Lipinski definition) is 8. The monoisotopic (exact) mass is 722 g/mol. The highest BCUT2D eigenvalue weighted by molar-refractivity contribution is 7.18. The van der Waals surface area contributed by atoms with Gasteiger partial charge in [-0.2, -0.15) is 10.2 Å². The Hall–Kier alpha value is -5.40. The number of halogens is 2. The van der Waals surface area contributed by atoms with Crippen molar-refractivity contribution in [1.82, 2.24) is 29.4 Å². The van der Waals surface area contributed by atoms with Crippen molar-refractivity contribution < 1.29 is 27.8 Å². The fourth-order valence-electron chi connectivity index (χ4n) is 7.13. The molecule has 13 heteroatoms. The van der Waals surface area contributed by atoms with Crippen LogP contribution in [0.2, 0.25) is 0 Å². The van der Waals surface area contributed by atoms with Crippen LogP contribution in [0.4, 0.5) is 8.78 Å². The topological polar surface area (TPSA) is 96.5 Å². The van der Waals surface area contributed by atoms with Crippen LogP contribution in [-0.2, 0) is 28.7 Å². The normalized spacial score (nSPS) is 16.7. The summed E-state index contributed by atoms with van der Waals surface area (Å²) in [6.07, 6.45) is 7.64. The number of amides is 1. The summed E-state index contributed by atoms with van der Waals surface area (Å²) < 4.78 is 53.9. The number of carbonyl (C=O) groups excluding carboxylic acids is 1. The van der Waals surface area contributed by atoms with E-state index in [0.29, 0.717) is 65.8 Å². The minimum Gasteiger partial charge on any atom is -0.492 e. The van der Waals surface area contributed by atoms with E-state index in [9.17, 15) is 9.18 Å². The highest BCUT2D eigenvalue weighted by Gasteiger charge is 2.39. The van der Waals surface area contributed by atoms with Crippen molar-refractivity contribution in [2.24, 2.45) is 7.05 Å². The summed E-state index contributed by atoms with van der Waals surface area (Å²) in [4.78, 5) is 20.0. The average Bonchev–Trinajstić information content (AvgIpc) is 3.87. The second kappa shape index (κ2) is 13.3. The first-order chi connectivity index (χ1) is 25.2. The van der Waals surface area contributed by atoms with E-state index in [1.807, 2.05) is 67.4 Å². The van der Waals surface area contributed by atoms with Crippen LogP contribution in [0.25, 0.3) is 54.8 Å². The molecule has 6 heterocycles. The number of carbonyl (C=O) groups is 1. The first kappa shape index (κ1) is 33.7. The lowest BCUT2D eigenvalue weighted by Crippen LogP contribution is -2.51.